The standard InChI is InChI=1S/C24H25N3O2S2/c1-3-19-15(2)31-22-20(19)23(28)27(13-18-10-6-12-29-18)24(26-22)30-14-17-8-4-7-16-9-5-11-25-21(16)17/h4-5,7-9,11,18H,3,6,10,12-14H2,1-2H3/t18-/m0/s1. The Labute approximate surface area is 189 Å². The van der Waals surface area contributed by atoms with E-state index in [1.54, 1.807) is 23.1 Å². The van der Waals surface area contributed by atoms with Crippen molar-refractivity contribution in [3.8, 4) is 0 Å². The number of hydrogen-bond donors (Lipinski definition) is 0. The normalized spacial score (nSPS) is 16.5. The minimum absolute atomic E-state index is 0.0697. The minimum Gasteiger partial charge on any atom is -0.376 e. The van der Waals surface area contributed by atoms with E-state index in [2.05, 4.69) is 43.1 Å². The minimum atomic E-state index is 0.0697. The van der Waals surface area contributed by atoms with Crippen molar-refractivity contribution >= 4 is 44.2 Å². The fraction of sp³-hybridized carbons (Fsp3) is 0.375. The number of rotatable bonds is 6. The maximum atomic E-state index is 13.6. The van der Waals surface area contributed by atoms with E-state index >= 15 is 0 Å². The molecule has 5 rings (SSSR count). The van der Waals surface area contributed by atoms with Crippen LogP contribution < -0.4 is 5.56 Å². The van der Waals surface area contributed by atoms with Gasteiger partial charge in [0, 0.05) is 28.8 Å². The summed E-state index contributed by atoms with van der Waals surface area (Å²) in [7, 11) is 0. The summed E-state index contributed by atoms with van der Waals surface area (Å²) in [5, 5.41) is 2.69. The molecule has 4 heterocycles. The van der Waals surface area contributed by atoms with Crippen LogP contribution in [0.3, 0.4) is 0 Å². The van der Waals surface area contributed by atoms with Gasteiger partial charge in [-0.1, -0.05) is 43.0 Å². The van der Waals surface area contributed by atoms with E-state index in [1.807, 2.05) is 16.8 Å². The number of benzene rings is 1. The van der Waals surface area contributed by atoms with Crippen molar-refractivity contribution < 1.29 is 4.74 Å². The average molecular weight is 452 g/mol. The first-order valence-electron chi connectivity index (χ1n) is 10.8. The quantitative estimate of drug-likeness (QED) is 0.292. The molecule has 0 N–H and O–H groups in total. The number of aromatic nitrogens is 3. The second-order valence-corrected chi connectivity index (χ2v) is 10.0. The van der Waals surface area contributed by atoms with Gasteiger partial charge in [0.1, 0.15) is 4.83 Å². The second-order valence-electron chi connectivity index (χ2n) is 7.90. The molecule has 0 radical (unpaired) electrons. The topological polar surface area (TPSA) is 57.0 Å². The van der Waals surface area contributed by atoms with Gasteiger partial charge in [0.2, 0.25) is 0 Å². The molecule has 7 heteroatoms. The van der Waals surface area contributed by atoms with Gasteiger partial charge < -0.3 is 4.74 Å². The van der Waals surface area contributed by atoms with Crippen LogP contribution in [0.1, 0.15) is 35.8 Å². The largest absolute Gasteiger partial charge is 0.376 e. The van der Waals surface area contributed by atoms with E-state index in [0.717, 1.165) is 63.3 Å². The Balaban J connectivity index is 1.56. The predicted molar refractivity (Wildman–Crippen MR) is 128 cm³/mol. The number of pyridine rings is 1. The highest BCUT2D eigenvalue weighted by Gasteiger charge is 2.23. The highest BCUT2D eigenvalue weighted by atomic mass is 32.2. The highest BCUT2D eigenvalue weighted by Crippen LogP contribution is 2.31. The van der Waals surface area contributed by atoms with E-state index in [4.69, 9.17) is 9.72 Å². The number of nitrogens with zero attached hydrogens (tertiary/aromatic N) is 3. The molecular formula is C24H25N3O2S2. The van der Waals surface area contributed by atoms with Crippen LogP contribution in [0, 0.1) is 6.92 Å². The molecule has 1 atom stereocenters. The molecule has 0 aliphatic carbocycles. The van der Waals surface area contributed by atoms with Crippen molar-refractivity contribution in [2.24, 2.45) is 0 Å². The molecule has 0 spiro atoms. The zero-order chi connectivity index (χ0) is 21.4. The van der Waals surface area contributed by atoms with Crippen LogP contribution in [-0.4, -0.2) is 27.2 Å². The monoisotopic (exact) mass is 451 g/mol. The first-order valence-corrected chi connectivity index (χ1v) is 12.6. The van der Waals surface area contributed by atoms with E-state index in [0.29, 0.717) is 12.3 Å². The number of aryl methyl sites for hydroxylation is 2. The van der Waals surface area contributed by atoms with Gasteiger partial charge in [-0.25, -0.2) is 4.98 Å². The van der Waals surface area contributed by atoms with Gasteiger partial charge in [0.05, 0.1) is 23.6 Å². The maximum absolute atomic E-state index is 13.6. The summed E-state index contributed by atoms with van der Waals surface area (Å²) in [6, 6.07) is 10.3. The SMILES string of the molecule is CCc1c(C)sc2nc(SCc3cccc4cccnc34)n(C[C@@H]3CCCO3)c(=O)c12. The number of thioether (sulfide) groups is 1. The van der Waals surface area contributed by atoms with Gasteiger partial charge >= 0.3 is 0 Å². The van der Waals surface area contributed by atoms with E-state index in [9.17, 15) is 4.79 Å². The van der Waals surface area contributed by atoms with Crippen molar-refractivity contribution in [2.45, 2.75) is 56.7 Å². The lowest BCUT2D eigenvalue weighted by molar-refractivity contribution is 0.0937. The van der Waals surface area contributed by atoms with Crippen molar-refractivity contribution in [1.82, 2.24) is 14.5 Å². The number of hydrogen-bond acceptors (Lipinski definition) is 6. The van der Waals surface area contributed by atoms with Crippen molar-refractivity contribution in [3.63, 3.8) is 0 Å². The summed E-state index contributed by atoms with van der Waals surface area (Å²) >= 11 is 3.24. The molecule has 1 aromatic carbocycles. The molecule has 5 nitrogen and oxygen atoms in total. The van der Waals surface area contributed by atoms with Crippen molar-refractivity contribution in [3.05, 3.63) is 62.9 Å². The summed E-state index contributed by atoms with van der Waals surface area (Å²) in [5.41, 5.74) is 3.36. The Morgan fingerprint density at radius 3 is 2.97 bits per heavy atom. The molecule has 0 bridgehead atoms. The number of thiophene rings is 1. The molecule has 1 fully saturated rings. The summed E-state index contributed by atoms with van der Waals surface area (Å²) < 4.78 is 7.71. The van der Waals surface area contributed by atoms with Crippen LogP contribution >= 0.6 is 23.1 Å². The molecule has 0 unspecified atom stereocenters. The summed E-state index contributed by atoms with van der Waals surface area (Å²) in [4.78, 5) is 25.2. The Kier molecular flexibility index (Phi) is 5.82. The Hall–Kier alpha value is -2.22. The first kappa shape index (κ1) is 20.7. The maximum Gasteiger partial charge on any atom is 0.263 e. The van der Waals surface area contributed by atoms with E-state index < -0.39 is 0 Å². The fourth-order valence-electron chi connectivity index (χ4n) is 4.35. The van der Waals surface area contributed by atoms with Gasteiger partial charge in [-0.2, -0.15) is 0 Å². The van der Waals surface area contributed by atoms with Crippen LogP contribution in [0.15, 0.2) is 46.5 Å². The second kappa shape index (κ2) is 8.73. The van der Waals surface area contributed by atoms with E-state index in [-0.39, 0.29) is 11.7 Å². The van der Waals surface area contributed by atoms with Crippen LogP contribution in [0.25, 0.3) is 21.1 Å². The summed E-state index contributed by atoms with van der Waals surface area (Å²) in [5.74, 6) is 0.711. The van der Waals surface area contributed by atoms with Gasteiger partial charge in [-0.05, 0) is 43.4 Å². The number of para-hydroxylation sites is 1. The summed E-state index contributed by atoms with van der Waals surface area (Å²) in [6.07, 6.45) is 4.80. The molecule has 31 heavy (non-hydrogen) atoms. The smallest absolute Gasteiger partial charge is 0.263 e. The van der Waals surface area contributed by atoms with Crippen molar-refractivity contribution in [1.29, 1.82) is 0 Å². The van der Waals surface area contributed by atoms with Crippen molar-refractivity contribution in [2.75, 3.05) is 6.61 Å². The van der Waals surface area contributed by atoms with E-state index in [1.165, 1.54) is 4.88 Å². The molecule has 4 aromatic rings. The molecule has 1 aliphatic heterocycles. The number of fused-ring (bicyclic) bond motifs is 2. The third kappa shape index (κ3) is 3.90. The van der Waals surface area contributed by atoms with Crippen LogP contribution in [0.4, 0.5) is 0 Å². The Bertz CT molecular complexity index is 1300. The number of ether oxygens (including phenoxy) is 1. The molecule has 160 valence electrons. The molecule has 1 aliphatic rings. The third-order valence-electron chi connectivity index (χ3n) is 5.91. The fourth-order valence-corrected chi connectivity index (χ4v) is 6.49. The zero-order valence-corrected chi connectivity index (χ0v) is 19.4. The molecule has 1 saturated heterocycles. The highest BCUT2D eigenvalue weighted by molar-refractivity contribution is 7.98. The van der Waals surface area contributed by atoms with Crippen LogP contribution in [0.5, 0.6) is 0 Å². The van der Waals surface area contributed by atoms with Gasteiger partial charge in [0.25, 0.3) is 5.56 Å². The molecule has 0 amide bonds. The Morgan fingerprint density at radius 1 is 1.29 bits per heavy atom. The van der Waals surface area contributed by atoms with Gasteiger partial charge in [0.15, 0.2) is 5.16 Å². The van der Waals surface area contributed by atoms with Gasteiger partial charge in [-0.3, -0.25) is 14.3 Å². The first-order chi connectivity index (χ1) is 15.2. The Morgan fingerprint density at radius 2 is 2.16 bits per heavy atom. The third-order valence-corrected chi connectivity index (χ3v) is 7.98. The summed E-state index contributed by atoms with van der Waals surface area (Å²) in [6.45, 7) is 5.53. The average Bonchev–Trinajstić information content (AvgIpc) is 3.41. The van der Waals surface area contributed by atoms with Crippen LogP contribution in [-0.2, 0) is 23.5 Å². The van der Waals surface area contributed by atoms with Crippen LogP contribution in [0.2, 0.25) is 0 Å². The molecule has 3 aromatic heterocycles. The lowest BCUT2D eigenvalue weighted by Crippen LogP contribution is -2.29. The lowest BCUT2D eigenvalue weighted by Gasteiger charge is -2.16. The van der Waals surface area contributed by atoms with Gasteiger partial charge in [-0.15, -0.1) is 11.3 Å². The lowest BCUT2D eigenvalue weighted by atomic mass is 10.1. The molecule has 0 saturated carbocycles. The predicted octanol–water partition coefficient (Wildman–Crippen LogP) is 5.35. The zero-order valence-electron chi connectivity index (χ0n) is 17.8. The molecular weight excluding hydrogens is 426 g/mol.